The van der Waals surface area contributed by atoms with Gasteiger partial charge in [-0.25, -0.2) is 0 Å². The third-order valence-corrected chi connectivity index (χ3v) is 4.44. The van der Waals surface area contributed by atoms with Crippen LogP contribution in [0.15, 0.2) is 24.3 Å². The predicted molar refractivity (Wildman–Crippen MR) is 82.3 cm³/mol. The first-order valence-electron chi connectivity index (χ1n) is 7.63. The zero-order valence-corrected chi connectivity index (χ0v) is 12.8. The van der Waals surface area contributed by atoms with Gasteiger partial charge < -0.3 is 5.32 Å². The Kier molecular flexibility index (Phi) is 5.00. The molecule has 1 heterocycles. The zero-order chi connectivity index (χ0) is 13.8. The Morgan fingerprint density at radius 3 is 2.68 bits per heavy atom. The first-order valence-corrected chi connectivity index (χ1v) is 7.63. The van der Waals surface area contributed by atoms with Crippen molar-refractivity contribution >= 4 is 0 Å². The summed E-state index contributed by atoms with van der Waals surface area (Å²) in [5.41, 5.74) is 2.89. The molecule has 2 heteroatoms. The number of rotatable bonds is 4. The SMILES string of the molecule is CCC1CN(Cc2ccccc2C)C(C(C)C)CN1. The van der Waals surface area contributed by atoms with Crippen LogP contribution in [0.2, 0.25) is 0 Å². The van der Waals surface area contributed by atoms with Gasteiger partial charge in [-0.15, -0.1) is 0 Å². The van der Waals surface area contributed by atoms with E-state index in [1.165, 1.54) is 24.1 Å². The van der Waals surface area contributed by atoms with Crippen LogP contribution in [0.25, 0.3) is 0 Å². The minimum absolute atomic E-state index is 0.652. The molecular weight excluding hydrogens is 232 g/mol. The molecule has 1 aromatic carbocycles. The van der Waals surface area contributed by atoms with E-state index >= 15 is 0 Å². The van der Waals surface area contributed by atoms with Crippen LogP contribution in [0.4, 0.5) is 0 Å². The van der Waals surface area contributed by atoms with Crippen LogP contribution >= 0.6 is 0 Å². The average molecular weight is 260 g/mol. The number of nitrogens with zero attached hydrogens (tertiary/aromatic N) is 1. The zero-order valence-electron chi connectivity index (χ0n) is 12.8. The van der Waals surface area contributed by atoms with Gasteiger partial charge in [-0.3, -0.25) is 4.90 Å². The van der Waals surface area contributed by atoms with Crippen molar-refractivity contribution in [2.24, 2.45) is 5.92 Å². The summed E-state index contributed by atoms with van der Waals surface area (Å²) < 4.78 is 0. The van der Waals surface area contributed by atoms with Crippen molar-refractivity contribution in [3.05, 3.63) is 35.4 Å². The third kappa shape index (κ3) is 3.58. The first-order chi connectivity index (χ1) is 9.11. The Morgan fingerprint density at radius 2 is 2.05 bits per heavy atom. The van der Waals surface area contributed by atoms with Gasteiger partial charge in [-0.2, -0.15) is 0 Å². The maximum atomic E-state index is 3.69. The fraction of sp³-hybridized carbons (Fsp3) is 0.647. The number of benzene rings is 1. The van der Waals surface area contributed by atoms with Gasteiger partial charge in [-0.1, -0.05) is 45.0 Å². The fourth-order valence-electron chi connectivity index (χ4n) is 3.02. The highest BCUT2D eigenvalue weighted by molar-refractivity contribution is 5.25. The molecule has 1 aromatic rings. The van der Waals surface area contributed by atoms with E-state index < -0.39 is 0 Å². The smallest absolute Gasteiger partial charge is 0.0247 e. The second-order valence-electron chi connectivity index (χ2n) is 6.18. The van der Waals surface area contributed by atoms with Gasteiger partial charge in [0.05, 0.1) is 0 Å². The van der Waals surface area contributed by atoms with E-state index in [0.29, 0.717) is 18.0 Å². The molecule has 0 radical (unpaired) electrons. The molecule has 1 saturated heterocycles. The van der Waals surface area contributed by atoms with Crippen LogP contribution in [0.3, 0.4) is 0 Å². The average Bonchev–Trinajstić information content (AvgIpc) is 2.41. The summed E-state index contributed by atoms with van der Waals surface area (Å²) in [4.78, 5) is 2.68. The molecule has 2 nitrogen and oxygen atoms in total. The van der Waals surface area contributed by atoms with E-state index in [1.807, 2.05) is 0 Å². The molecule has 0 spiro atoms. The Bertz CT molecular complexity index is 400. The molecule has 2 rings (SSSR count). The van der Waals surface area contributed by atoms with E-state index in [2.05, 4.69) is 62.2 Å². The molecule has 106 valence electrons. The maximum absolute atomic E-state index is 3.69. The molecule has 2 atom stereocenters. The van der Waals surface area contributed by atoms with Crippen LogP contribution in [0.1, 0.15) is 38.3 Å². The van der Waals surface area contributed by atoms with Gasteiger partial charge in [0.2, 0.25) is 0 Å². The summed E-state index contributed by atoms with van der Waals surface area (Å²) in [6.07, 6.45) is 1.22. The highest BCUT2D eigenvalue weighted by Crippen LogP contribution is 2.20. The van der Waals surface area contributed by atoms with Crippen LogP contribution in [-0.2, 0) is 6.54 Å². The van der Waals surface area contributed by atoms with Crippen LogP contribution in [0, 0.1) is 12.8 Å². The monoisotopic (exact) mass is 260 g/mol. The summed E-state index contributed by atoms with van der Waals surface area (Å²) in [5, 5.41) is 3.69. The third-order valence-electron chi connectivity index (χ3n) is 4.44. The predicted octanol–water partition coefficient (Wildman–Crippen LogP) is 3.20. The van der Waals surface area contributed by atoms with Gasteiger partial charge in [-0.05, 0) is 30.4 Å². The minimum Gasteiger partial charge on any atom is -0.311 e. The van der Waals surface area contributed by atoms with Gasteiger partial charge in [0.25, 0.3) is 0 Å². The van der Waals surface area contributed by atoms with Gasteiger partial charge >= 0.3 is 0 Å². The molecule has 19 heavy (non-hydrogen) atoms. The van der Waals surface area contributed by atoms with Crippen molar-refractivity contribution in [2.45, 2.75) is 52.7 Å². The van der Waals surface area contributed by atoms with E-state index in [9.17, 15) is 0 Å². The Labute approximate surface area is 118 Å². The normalized spacial score (nSPS) is 24.9. The lowest BCUT2D eigenvalue weighted by Gasteiger charge is -2.42. The molecule has 0 aliphatic carbocycles. The standard InChI is InChI=1S/C17H28N2/c1-5-16-12-19(17(10-18-16)13(2)3)11-15-9-7-6-8-14(15)4/h6-9,13,16-18H,5,10-12H2,1-4H3. The highest BCUT2D eigenvalue weighted by atomic mass is 15.2. The lowest BCUT2D eigenvalue weighted by Crippen LogP contribution is -2.57. The Morgan fingerprint density at radius 1 is 1.32 bits per heavy atom. The summed E-state index contributed by atoms with van der Waals surface area (Å²) in [6.45, 7) is 12.6. The molecule has 0 amide bonds. The first kappa shape index (κ1) is 14.5. The number of hydrogen-bond donors (Lipinski definition) is 1. The van der Waals surface area contributed by atoms with E-state index in [1.54, 1.807) is 0 Å². The molecule has 1 aliphatic heterocycles. The van der Waals surface area contributed by atoms with Crippen LogP contribution < -0.4 is 5.32 Å². The Hall–Kier alpha value is -0.860. The molecule has 0 saturated carbocycles. The summed E-state index contributed by atoms with van der Waals surface area (Å²) in [7, 11) is 0. The summed E-state index contributed by atoms with van der Waals surface area (Å²) in [5.74, 6) is 0.703. The van der Waals surface area contributed by atoms with E-state index in [4.69, 9.17) is 0 Å². The van der Waals surface area contributed by atoms with E-state index in [-0.39, 0.29) is 0 Å². The second-order valence-corrected chi connectivity index (χ2v) is 6.18. The topological polar surface area (TPSA) is 15.3 Å². The highest BCUT2D eigenvalue weighted by Gasteiger charge is 2.29. The van der Waals surface area contributed by atoms with Gasteiger partial charge in [0.1, 0.15) is 0 Å². The lowest BCUT2D eigenvalue weighted by atomic mass is 9.96. The summed E-state index contributed by atoms with van der Waals surface area (Å²) >= 11 is 0. The maximum Gasteiger partial charge on any atom is 0.0247 e. The fourth-order valence-corrected chi connectivity index (χ4v) is 3.02. The number of hydrogen-bond acceptors (Lipinski definition) is 2. The van der Waals surface area contributed by atoms with Crippen molar-refractivity contribution < 1.29 is 0 Å². The molecule has 1 fully saturated rings. The minimum atomic E-state index is 0.652. The van der Waals surface area contributed by atoms with Gasteiger partial charge in [0, 0.05) is 31.7 Å². The van der Waals surface area contributed by atoms with Crippen LogP contribution in [0.5, 0.6) is 0 Å². The molecule has 2 unspecified atom stereocenters. The molecule has 1 N–H and O–H groups in total. The second kappa shape index (κ2) is 6.53. The van der Waals surface area contributed by atoms with Crippen molar-refractivity contribution in [2.75, 3.05) is 13.1 Å². The van der Waals surface area contributed by atoms with Crippen molar-refractivity contribution in [1.82, 2.24) is 10.2 Å². The number of aryl methyl sites for hydroxylation is 1. The Balaban J connectivity index is 2.11. The van der Waals surface area contributed by atoms with E-state index in [0.717, 1.165) is 13.1 Å². The molecular formula is C17H28N2. The largest absolute Gasteiger partial charge is 0.311 e. The van der Waals surface area contributed by atoms with Crippen molar-refractivity contribution in [3.8, 4) is 0 Å². The lowest BCUT2D eigenvalue weighted by molar-refractivity contribution is 0.0898. The summed E-state index contributed by atoms with van der Waals surface area (Å²) in [6, 6.07) is 10.1. The number of nitrogens with one attached hydrogen (secondary N) is 1. The molecule has 0 aromatic heterocycles. The van der Waals surface area contributed by atoms with Crippen molar-refractivity contribution in [3.63, 3.8) is 0 Å². The quantitative estimate of drug-likeness (QED) is 0.894. The molecule has 1 aliphatic rings. The van der Waals surface area contributed by atoms with Gasteiger partial charge in [0.15, 0.2) is 0 Å². The van der Waals surface area contributed by atoms with Crippen LogP contribution in [-0.4, -0.2) is 30.1 Å². The number of piperazine rings is 1. The molecule has 0 bridgehead atoms. The van der Waals surface area contributed by atoms with Crippen molar-refractivity contribution in [1.29, 1.82) is 0 Å².